The number of hydrogen-bond acceptors (Lipinski definition) is 1. The van der Waals surface area contributed by atoms with Crippen molar-refractivity contribution in [1.82, 2.24) is 0 Å². The average molecular weight is 499 g/mol. The number of benzene rings is 6. The van der Waals surface area contributed by atoms with Crippen LogP contribution in [0.15, 0.2) is 162 Å². The van der Waals surface area contributed by atoms with Gasteiger partial charge in [0.2, 0.25) is 0 Å². The van der Waals surface area contributed by atoms with E-state index < -0.39 is 0 Å². The van der Waals surface area contributed by atoms with Gasteiger partial charge in [-0.2, -0.15) is 0 Å². The van der Waals surface area contributed by atoms with E-state index in [4.69, 9.17) is 4.42 Å². The van der Waals surface area contributed by atoms with Gasteiger partial charge < -0.3 is 4.42 Å². The molecule has 0 radical (unpaired) electrons. The average Bonchev–Trinajstić information content (AvgIpc) is 3.41. The highest BCUT2D eigenvalue weighted by Gasteiger charge is 2.21. The lowest BCUT2D eigenvalue weighted by molar-refractivity contribution is 0.602. The fourth-order valence-corrected chi connectivity index (χ4v) is 5.45. The number of hydrogen-bond donors (Lipinski definition) is 0. The summed E-state index contributed by atoms with van der Waals surface area (Å²) in [7, 11) is 0. The van der Waals surface area contributed by atoms with Gasteiger partial charge in [0.25, 0.3) is 0 Å². The van der Waals surface area contributed by atoms with Gasteiger partial charge in [0.15, 0.2) is 0 Å². The van der Waals surface area contributed by atoms with Crippen molar-refractivity contribution in [2.75, 3.05) is 0 Å². The van der Waals surface area contributed by atoms with Crippen molar-refractivity contribution in [2.24, 2.45) is 0 Å². The van der Waals surface area contributed by atoms with E-state index in [1.807, 2.05) is 0 Å². The zero-order chi connectivity index (χ0) is 26.0. The molecule has 0 aliphatic carbocycles. The van der Waals surface area contributed by atoms with Crippen molar-refractivity contribution in [2.45, 2.75) is 0 Å². The monoisotopic (exact) mass is 498 g/mol. The summed E-state index contributed by atoms with van der Waals surface area (Å²) < 4.78 is 6.95. The van der Waals surface area contributed by atoms with E-state index in [1.54, 1.807) is 0 Å². The molecule has 0 bridgehead atoms. The SMILES string of the molecule is c1ccc(-c2ccc(-c3ccccc3)c(-c3oc(-c4ccccc4-c4ccccc4)c4ccccc34)c2)cc1. The maximum atomic E-state index is 6.95. The van der Waals surface area contributed by atoms with Gasteiger partial charge >= 0.3 is 0 Å². The van der Waals surface area contributed by atoms with E-state index in [2.05, 4.69) is 158 Å². The summed E-state index contributed by atoms with van der Waals surface area (Å²) in [6.45, 7) is 0. The second-order valence-corrected chi connectivity index (χ2v) is 9.71. The zero-order valence-corrected chi connectivity index (χ0v) is 21.4. The highest BCUT2D eigenvalue weighted by Crippen LogP contribution is 2.45. The van der Waals surface area contributed by atoms with Gasteiger partial charge in [0.05, 0.1) is 0 Å². The maximum absolute atomic E-state index is 6.95. The van der Waals surface area contributed by atoms with Crippen LogP contribution in [0, 0.1) is 0 Å². The predicted molar refractivity (Wildman–Crippen MR) is 163 cm³/mol. The van der Waals surface area contributed by atoms with Gasteiger partial charge in [-0.3, -0.25) is 0 Å². The van der Waals surface area contributed by atoms with Gasteiger partial charge in [-0.25, -0.2) is 0 Å². The molecular formula is C38H26O. The molecule has 0 aliphatic heterocycles. The molecule has 1 nitrogen and oxygen atoms in total. The van der Waals surface area contributed by atoms with Gasteiger partial charge in [0.1, 0.15) is 11.5 Å². The summed E-state index contributed by atoms with van der Waals surface area (Å²) in [5.41, 5.74) is 9.17. The van der Waals surface area contributed by atoms with E-state index in [9.17, 15) is 0 Å². The minimum atomic E-state index is 0.889. The van der Waals surface area contributed by atoms with E-state index in [1.165, 1.54) is 16.7 Å². The van der Waals surface area contributed by atoms with E-state index in [-0.39, 0.29) is 0 Å². The number of furan rings is 1. The molecule has 0 fully saturated rings. The lowest BCUT2D eigenvalue weighted by Gasteiger charge is -2.12. The Morgan fingerprint density at radius 3 is 1.31 bits per heavy atom. The van der Waals surface area contributed by atoms with Crippen molar-refractivity contribution in [1.29, 1.82) is 0 Å². The van der Waals surface area contributed by atoms with Crippen LogP contribution in [0.4, 0.5) is 0 Å². The first-order chi connectivity index (χ1) is 19.4. The molecule has 0 N–H and O–H groups in total. The minimum Gasteiger partial charge on any atom is -0.455 e. The molecule has 7 rings (SSSR count). The van der Waals surface area contributed by atoms with Crippen LogP contribution in [0.25, 0.3) is 66.8 Å². The van der Waals surface area contributed by atoms with Crippen molar-refractivity contribution in [3.05, 3.63) is 158 Å². The van der Waals surface area contributed by atoms with E-state index in [0.29, 0.717) is 0 Å². The maximum Gasteiger partial charge on any atom is 0.143 e. The van der Waals surface area contributed by atoms with Gasteiger partial charge in [-0.05, 0) is 39.4 Å². The molecule has 1 heteroatoms. The first kappa shape index (κ1) is 23.0. The lowest BCUT2D eigenvalue weighted by Crippen LogP contribution is -1.87. The Morgan fingerprint density at radius 2 is 0.718 bits per heavy atom. The molecule has 184 valence electrons. The second-order valence-electron chi connectivity index (χ2n) is 9.71. The highest BCUT2D eigenvalue weighted by atomic mass is 16.3. The summed E-state index contributed by atoms with van der Waals surface area (Å²) >= 11 is 0. The molecule has 1 aromatic heterocycles. The van der Waals surface area contributed by atoms with Crippen LogP contribution in [0.5, 0.6) is 0 Å². The molecule has 7 aromatic rings. The molecule has 0 spiro atoms. The van der Waals surface area contributed by atoms with E-state index in [0.717, 1.165) is 50.1 Å². The van der Waals surface area contributed by atoms with Gasteiger partial charge in [-0.15, -0.1) is 0 Å². The molecule has 0 unspecified atom stereocenters. The lowest BCUT2D eigenvalue weighted by atomic mass is 9.92. The summed E-state index contributed by atoms with van der Waals surface area (Å²) in [5.74, 6) is 1.78. The second kappa shape index (κ2) is 9.96. The largest absolute Gasteiger partial charge is 0.455 e. The van der Waals surface area contributed by atoms with Crippen LogP contribution in [0.2, 0.25) is 0 Å². The predicted octanol–water partition coefficient (Wildman–Crippen LogP) is 10.8. The molecular weight excluding hydrogens is 472 g/mol. The number of rotatable bonds is 5. The van der Waals surface area contributed by atoms with Crippen LogP contribution in [-0.2, 0) is 0 Å². The molecule has 6 aromatic carbocycles. The Morgan fingerprint density at radius 1 is 0.282 bits per heavy atom. The van der Waals surface area contributed by atoms with Crippen LogP contribution in [-0.4, -0.2) is 0 Å². The van der Waals surface area contributed by atoms with Crippen LogP contribution < -0.4 is 0 Å². The normalized spacial score (nSPS) is 11.1. The van der Waals surface area contributed by atoms with Crippen molar-refractivity contribution < 1.29 is 4.42 Å². The summed E-state index contributed by atoms with van der Waals surface area (Å²) in [6.07, 6.45) is 0. The molecule has 0 aliphatic rings. The standard InChI is InChI=1S/C38H26O/c1-4-14-27(15-5-1)30-24-25-32(29-18-8-3-9-19-29)36(26-30)38-35-23-13-12-22-34(35)37(39-38)33-21-11-10-20-31(33)28-16-6-2-7-17-28/h1-26H. The fraction of sp³-hybridized carbons (Fsp3) is 0. The highest BCUT2D eigenvalue weighted by molar-refractivity contribution is 6.06. The molecule has 1 heterocycles. The van der Waals surface area contributed by atoms with Crippen molar-refractivity contribution in [3.8, 4) is 56.0 Å². The topological polar surface area (TPSA) is 13.1 Å². The third-order valence-corrected chi connectivity index (χ3v) is 7.33. The molecule has 0 saturated heterocycles. The summed E-state index contributed by atoms with van der Waals surface area (Å²) in [4.78, 5) is 0. The first-order valence-electron chi connectivity index (χ1n) is 13.3. The third kappa shape index (κ3) is 4.24. The van der Waals surface area contributed by atoms with Crippen molar-refractivity contribution in [3.63, 3.8) is 0 Å². The Hall–Kier alpha value is -5.14. The summed E-state index contributed by atoms with van der Waals surface area (Å²) in [6, 6.07) is 55.4. The Kier molecular flexibility index (Phi) is 5.88. The molecule has 0 saturated carbocycles. The third-order valence-electron chi connectivity index (χ3n) is 7.33. The Bertz CT molecular complexity index is 1880. The minimum absolute atomic E-state index is 0.889. The molecule has 39 heavy (non-hydrogen) atoms. The zero-order valence-electron chi connectivity index (χ0n) is 21.4. The summed E-state index contributed by atoms with van der Waals surface area (Å²) in [5, 5.41) is 2.22. The molecule has 0 atom stereocenters. The smallest absolute Gasteiger partial charge is 0.143 e. The van der Waals surface area contributed by atoms with E-state index >= 15 is 0 Å². The van der Waals surface area contributed by atoms with Crippen molar-refractivity contribution >= 4 is 10.8 Å². The quantitative estimate of drug-likeness (QED) is 0.230. The fourth-order valence-electron chi connectivity index (χ4n) is 5.45. The van der Waals surface area contributed by atoms with Gasteiger partial charge in [-0.1, -0.05) is 152 Å². The first-order valence-corrected chi connectivity index (χ1v) is 13.3. The Balaban J connectivity index is 1.50. The van der Waals surface area contributed by atoms with Gasteiger partial charge in [0, 0.05) is 21.9 Å². The van der Waals surface area contributed by atoms with Crippen LogP contribution in [0.1, 0.15) is 0 Å². The Labute approximate surface area is 228 Å². The number of fused-ring (bicyclic) bond motifs is 1. The molecule has 0 amide bonds. The van der Waals surface area contributed by atoms with Crippen LogP contribution in [0.3, 0.4) is 0 Å². The van der Waals surface area contributed by atoms with Crippen LogP contribution >= 0.6 is 0 Å².